The summed E-state index contributed by atoms with van der Waals surface area (Å²) in [6.45, 7) is 3.28. The monoisotopic (exact) mass is 316 g/mol. The fourth-order valence-corrected chi connectivity index (χ4v) is 2.96. The predicted molar refractivity (Wildman–Crippen MR) is 89.5 cm³/mol. The molecular formula is C18H21ClN2O. The number of benzene rings is 1. The number of likely N-dealkylation sites (tertiary alicyclic amines) is 1. The smallest absolute Gasteiger partial charge is 0.214 e. The molecule has 3 nitrogen and oxygen atoms in total. The molecule has 1 saturated heterocycles. The molecule has 0 unspecified atom stereocenters. The van der Waals surface area contributed by atoms with Crippen LogP contribution in [-0.2, 0) is 6.42 Å². The van der Waals surface area contributed by atoms with Gasteiger partial charge in [-0.2, -0.15) is 0 Å². The molecule has 22 heavy (non-hydrogen) atoms. The van der Waals surface area contributed by atoms with Gasteiger partial charge in [0.2, 0.25) is 5.88 Å². The summed E-state index contributed by atoms with van der Waals surface area (Å²) < 4.78 is 5.93. The standard InChI is InChI=1S/C18H21ClN2O/c19-17-7-4-8-18(20-17)22-16-10-13-21(14-11-16)12-9-15-5-2-1-3-6-15/h1-8,16H,9-14H2. The van der Waals surface area contributed by atoms with Crippen LogP contribution in [0.4, 0.5) is 0 Å². The summed E-state index contributed by atoms with van der Waals surface area (Å²) in [5.74, 6) is 0.634. The Labute approximate surface area is 136 Å². The lowest BCUT2D eigenvalue weighted by Crippen LogP contribution is -2.39. The number of pyridine rings is 1. The van der Waals surface area contributed by atoms with Crippen molar-refractivity contribution in [2.75, 3.05) is 19.6 Å². The second-order valence-electron chi connectivity index (χ2n) is 5.69. The van der Waals surface area contributed by atoms with Crippen LogP contribution in [0.5, 0.6) is 5.88 Å². The van der Waals surface area contributed by atoms with Gasteiger partial charge in [0.05, 0.1) is 0 Å². The maximum atomic E-state index is 5.93. The van der Waals surface area contributed by atoms with E-state index in [9.17, 15) is 0 Å². The van der Waals surface area contributed by atoms with Gasteiger partial charge in [0.25, 0.3) is 0 Å². The van der Waals surface area contributed by atoms with Crippen LogP contribution in [-0.4, -0.2) is 35.6 Å². The van der Waals surface area contributed by atoms with Crippen molar-refractivity contribution in [1.29, 1.82) is 0 Å². The Kier molecular flexibility index (Phi) is 5.30. The van der Waals surface area contributed by atoms with E-state index in [1.54, 1.807) is 6.07 Å². The molecule has 1 aromatic carbocycles. The molecule has 2 heterocycles. The number of halogens is 1. The molecule has 1 aliphatic heterocycles. The fraction of sp³-hybridized carbons (Fsp3) is 0.389. The molecule has 1 fully saturated rings. The van der Waals surface area contributed by atoms with Crippen LogP contribution >= 0.6 is 11.6 Å². The van der Waals surface area contributed by atoms with E-state index in [2.05, 4.69) is 40.2 Å². The third kappa shape index (κ3) is 4.46. The van der Waals surface area contributed by atoms with Crippen molar-refractivity contribution in [3.63, 3.8) is 0 Å². The van der Waals surface area contributed by atoms with Crippen molar-refractivity contribution in [1.82, 2.24) is 9.88 Å². The zero-order valence-electron chi connectivity index (χ0n) is 12.6. The van der Waals surface area contributed by atoms with Gasteiger partial charge < -0.3 is 9.64 Å². The Bertz CT molecular complexity index is 583. The normalized spacial score (nSPS) is 16.6. The summed E-state index contributed by atoms with van der Waals surface area (Å²) in [5, 5.41) is 0.484. The number of hydrogen-bond donors (Lipinski definition) is 0. The van der Waals surface area contributed by atoms with Gasteiger partial charge >= 0.3 is 0 Å². The molecule has 0 amide bonds. The zero-order valence-corrected chi connectivity index (χ0v) is 13.4. The first-order valence-corrected chi connectivity index (χ1v) is 8.23. The van der Waals surface area contributed by atoms with E-state index in [0.717, 1.165) is 38.9 Å². The molecule has 0 atom stereocenters. The highest BCUT2D eigenvalue weighted by molar-refractivity contribution is 6.29. The van der Waals surface area contributed by atoms with Gasteiger partial charge in [0, 0.05) is 25.7 Å². The SMILES string of the molecule is Clc1cccc(OC2CCN(CCc3ccccc3)CC2)n1. The highest BCUT2D eigenvalue weighted by Crippen LogP contribution is 2.19. The van der Waals surface area contributed by atoms with E-state index >= 15 is 0 Å². The molecule has 0 N–H and O–H groups in total. The van der Waals surface area contributed by atoms with Gasteiger partial charge in [-0.1, -0.05) is 48.0 Å². The number of hydrogen-bond acceptors (Lipinski definition) is 3. The molecule has 0 spiro atoms. The van der Waals surface area contributed by atoms with Crippen LogP contribution in [0, 0.1) is 0 Å². The molecule has 0 bridgehead atoms. The average molecular weight is 317 g/mol. The molecule has 0 saturated carbocycles. The van der Waals surface area contributed by atoms with E-state index in [0.29, 0.717) is 11.0 Å². The molecular weight excluding hydrogens is 296 g/mol. The number of piperidine rings is 1. The Hall–Kier alpha value is -1.58. The number of aromatic nitrogens is 1. The topological polar surface area (TPSA) is 25.4 Å². The lowest BCUT2D eigenvalue weighted by Gasteiger charge is -2.31. The summed E-state index contributed by atoms with van der Waals surface area (Å²) in [7, 11) is 0. The summed E-state index contributed by atoms with van der Waals surface area (Å²) in [6.07, 6.45) is 3.45. The minimum atomic E-state index is 0.249. The summed E-state index contributed by atoms with van der Waals surface area (Å²) >= 11 is 5.89. The summed E-state index contributed by atoms with van der Waals surface area (Å²) in [6, 6.07) is 16.2. The first-order valence-electron chi connectivity index (χ1n) is 7.85. The largest absolute Gasteiger partial charge is 0.474 e. The highest BCUT2D eigenvalue weighted by Gasteiger charge is 2.20. The molecule has 1 aliphatic rings. The van der Waals surface area contributed by atoms with Crippen molar-refractivity contribution >= 4 is 11.6 Å². The van der Waals surface area contributed by atoms with Crippen molar-refractivity contribution in [2.24, 2.45) is 0 Å². The Morgan fingerprint density at radius 1 is 1.05 bits per heavy atom. The fourth-order valence-electron chi connectivity index (χ4n) is 2.81. The Balaban J connectivity index is 1.42. The van der Waals surface area contributed by atoms with E-state index in [-0.39, 0.29) is 6.10 Å². The molecule has 0 radical (unpaired) electrons. The van der Waals surface area contributed by atoms with E-state index in [1.165, 1.54) is 5.56 Å². The maximum Gasteiger partial charge on any atom is 0.214 e. The second-order valence-corrected chi connectivity index (χ2v) is 6.08. The minimum absolute atomic E-state index is 0.249. The van der Waals surface area contributed by atoms with Crippen molar-refractivity contribution in [3.05, 3.63) is 59.2 Å². The quantitative estimate of drug-likeness (QED) is 0.784. The van der Waals surface area contributed by atoms with E-state index in [1.807, 2.05) is 12.1 Å². The maximum absolute atomic E-state index is 5.93. The van der Waals surface area contributed by atoms with E-state index in [4.69, 9.17) is 16.3 Å². The van der Waals surface area contributed by atoms with Gasteiger partial charge in [-0.15, -0.1) is 0 Å². The third-order valence-corrected chi connectivity index (χ3v) is 4.28. The molecule has 2 aromatic rings. The number of rotatable bonds is 5. The van der Waals surface area contributed by atoms with Gasteiger partial charge in [0.15, 0.2) is 0 Å². The minimum Gasteiger partial charge on any atom is -0.474 e. The molecule has 4 heteroatoms. The van der Waals surface area contributed by atoms with Crippen LogP contribution in [0.3, 0.4) is 0 Å². The lowest BCUT2D eigenvalue weighted by molar-refractivity contribution is 0.0975. The summed E-state index contributed by atoms with van der Waals surface area (Å²) in [5.41, 5.74) is 1.41. The van der Waals surface area contributed by atoms with Crippen molar-refractivity contribution < 1.29 is 4.74 Å². The van der Waals surface area contributed by atoms with Crippen LogP contribution in [0.15, 0.2) is 48.5 Å². The molecule has 3 rings (SSSR count). The van der Waals surface area contributed by atoms with Gasteiger partial charge in [0.1, 0.15) is 11.3 Å². The van der Waals surface area contributed by atoms with Crippen molar-refractivity contribution in [3.8, 4) is 5.88 Å². The third-order valence-electron chi connectivity index (χ3n) is 4.07. The van der Waals surface area contributed by atoms with Gasteiger partial charge in [-0.25, -0.2) is 4.98 Å². The Morgan fingerprint density at radius 3 is 2.55 bits per heavy atom. The number of ether oxygens (including phenoxy) is 1. The highest BCUT2D eigenvalue weighted by atomic mass is 35.5. The Morgan fingerprint density at radius 2 is 1.82 bits per heavy atom. The van der Waals surface area contributed by atoms with Crippen molar-refractivity contribution in [2.45, 2.75) is 25.4 Å². The molecule has 116 valence electrons. The average Bonchev–Trinajstić information content (AvgIpc) is 2.55. The molecule has 1 aromatic heterocycles. The summed E-state index contributed by atoms with van der Waals surface area (Å²) in [4.78, 5) is 6.70. The van der Waals surface area contributed by atoms with Crippen LogP contribution in [0.25, 0.3) is 0 Å². The van der Waals surface area contributed by atoms with Crippen LogP contribution in [0.1, 0.15) is 18.4 Å². The van der Waals surface area contributed by atoms with Crippen LogP contribution in [0.2, 0.25) is 5.15 Å². The van der Waals surface area contributed by atoms with Gasteiger partial charge in [-0.05, 0) is 30.9 Å². The second kappa shape index (κ2) is 7.61. The van der Waals surface area contributed by atoms with E-state index < -0.39 is 0 Å². The first kappa shape index (κ1) is 15.3. The van der Waals surface area contributed by atoms with Crippen LogP contribution < -0.4 is 4.74 Å². The molecule has 0 aliphatic carbocycles. The van der Waals surface area contributed by atoms with Gasteiger partial charge in [-0.3, -0.25) is 0 Å². The zero-order chi connectivity index (χ0) is 15.2. The first-order chi connectivity index (χ1) is 10.8. The predicted octanol–water partition coefficient (Wildman–Crippen LogP) is 3.82. The number of nitrogens with zero attached hydrogens (tertiary/aromatic N) is 2. The lowest BCUT2D eigenvalue weighted by atomic mass is 10.1.